The van der Waals surface area contributed by atoms with Gasteiger partial charge in [0.25, 0.3) is 11.5 Å². The molecule has 0 saturated carbocycles. The molecule has 0 saturated heterocycles. The molecule has 1 rings (SSSR count). The Hall–Kier alpha value is -1.62. The highest BCUT2D eigenvalue weighted by atomic mass is 16.2. The minimum Gasteiger partial charge on any atom is -0.350 e. The molecule has 0 bridgehead atoms. The van der Waals surface area contributed by atoms with Crippen LogP contribution in [0.25, 0.3) is 0 Å². The first-order valence-electron chi connectivity index (χ1n) is 6.39. The first-order chi connectivity index (χ1) is 8.69. The Labute approximate surface area is 113 Å². The number of rotatable bonds is 4. The molecular weight excluding hydrogens is 242 g/mol. The van der Waals surface area contributed by atoms with Gasteiger partial charge in [-0.15, -0.1) is 0 Å². The van der Waals surface area contributed by atoms with E-state index in [0.717, 1.165) is 6.42 Å². The number of hydrogen-bond donors (Lipinski definition) is 2. The van der Waals surface area contributed by atoms with Crippen LogP contribution >= 0.6 is 0 Å². The van der Waals surface area contributed by atoms with Gasteiger partial charge in [-0.2, -0.15) is 0 Å². The number of carbonyl (C=O) groups excluding carboxylic acids is 1. The van der Waals surface area contributed by atoms with Gasteiger partial charge in [-0.25, -0.2) is 0 Å². The van der Waals surface area contributed by atoms with Gasteiger partial charge in [0.1, 0.15) is 0 Å². The van der Waals surface area contributed by atoms with Crippen molar-refractivity contribution in [1.29, 1.82) is 0 Å². The van der Waals surface area contributed by atoms with Crippen LogP contribution in [0.1, 0.15) is 37.6 Å². The van der Waals surface area contributed by atoms with E-state index in [1.54, 1.807) is 19.3 Å². The number of aryl methyl sites for hydroxylation is 1. The second-order valence-electron chi connectivity index (χ2n) is 6.10. The third-order valence-corrected chi connectivity index (χ3v) is 2.77. The summed E-state index contributed by atoms with van der Waals surface area (Å²) in [7, 11) is 1.64. The van der Waals surface area contributed by atoms with Crippen LogP contribution in [0.4, 0.5) is 0 Å². The number of nitrogens with two attached hydrogens (primary N) is 1. The Bertz CT molecular complexity index is 500. The first kappa shape index (κ1) is 15.4. The second kappa shape index (κ2) is 6.02. The topological polar surface area (TPSA) is 77.1 Å². The Kier molecular flexibility index (Phi) is 4.89. The summed E-state index contributed by atoms with van der Waals surface area (Å²) in [5.41, 5.74) is 6.26. The van der Waals surface area contributed by atoms with Crippen LogP contribution < -0.4 is 16.6 Å². The van der Waals surface area contributed by atoms with Crippen molar-refractivity contribution in [2.45, 2.75) is 33.2 Å². The predicted octanol–water partition coefficient (Wildman–Crippen LogP) is 0.879. The van der Waals surface area contributed by atoms with E-state index in [9.17, 15) is 9.59 Å². The van der Waals surface area contributed by atoms with Crippen molar-refractivity contribution in [2.75, 3.05) is 6.54 Å². The summed E-state index contributed by atoms with van der Waals surface area (Å²) >= 11 is 0. The maximum atomic E-state index is 11.9. The zero-order valence-electron chi connectivity index (χ0n) is 12.1. The zero-order valence-corrected chi connectivity index (χ0v) is 12.1. The first-order valence-corrected chi connectivity index (χ1v) is 6.39. The van der Waals surface area contributed by atoms with Crippen LogP contribution in [0.3, 0.4) is 0 Å². The molecule has 0 aliphatic carbocycles. The van der Waals surface area contributed by atoms with Gasteiger partial charge >= 0.3 is 0 Å². The van der Waals surface area contributed by atoms with E-state index in [1.165, 1.54) is 10.6 Å². The van der Waals surface area contributed by atoms with Gasteiger partial charge in [-0.05, 0) is 17.9 Å². The molecular formula is C14H23N3O2. The number of aromatic nitrogens is 1. The summed E-state index contributed by atoms with van der Waals surface area (Å²) in [5.74, 6) is -0.262. The number of hydrogen-bond acceptors (Lipinski definition) is 3. The number of carbonyl (C=O) groups is 1. The number of nitrogens with zero attached hydrogens (tertiary/aromatic N) is 1. The van der Waals surface area contributed by atoms with E-state index < -0.39 is 0 Å². The molecule has 5 heteroatoms. The lowest BCUT2D eigenvalue weighted by molar-refractivity contribution is 0.0948. The van der Waals surface area contributed by atoms with E-state index in [0.29, 0.717) is 12.1 Å². The summed E-state index contributed by atoms with van der Waals surface area (Å²) in [6.07, 6.45) is 2.40. The minimum atomic E-state index is -0.262. The molecule has 1 aromatic heterocycles. The largest absolute Gasteiger partial charge is 0.350 e. The van der Waals surface area contributed by atoms with E-state index >= 15 is 0 Å². The monoisotopic (exact) mass is 265 g/mol. The summed E-state index contributed by atoms with van der Waals surface area (Å²) < 4.78 is 1.42. The van der Waals surface area contributed by atoms with Gasteiger partial charge < -0.3 is 15.6 Å². The summed E-state index contributed by atoms with van der Waals surface area (Å²) in [6, 6.07) is 2.85. The summed E-state index contributed by atoms with van der Waals surface area (Å²) in [5, 5.41) is 2.76. The van der Waals surface area contributed by atoms with Gasteiger partial charge in [0, 0.05) is 37.5 Å². The van der Waals surface area contributed by atoms with E-state index in [-0.39, 0.29) is 22.9 Å². The molecule has 0 fully saturated rings. The highest BCUT2D eigenvalue weighted by Crippen LogP contribution is 2.19. The second-order valence-corrected chi connectivity index (χ2v) is 6.10. The van der Waals surface area contributed by atoms with Gasteiger partial charge in [0.2, 0.25) is 0 Å². The maximum absolute atomic E-state index is 11.9. The van der Waals surface area contributed by atoms with E-state index in [4.69, 9.17) is 5.73 Å². The van der Waals surface area contributed by atoms with Crippen molar-refractivity contribution in [1.82, 2.24) is 9.88 Å². The van der Waals surface area contributed by atoms with E-state index in [1.807, 2.05) is 0 Å². The van der Waals surface area contributed by atoms with Crippen LogP contribution in [-0.4, -0.2) is 23.1 Å². The van der Waals surface area contributed by atoms with Crippen LogP contribution in [0.15, 0.2) is 23.1 Å². The maximum Gasteiger partial charge on any atom is 0.251 e. The lowest BCUT2D eigenvalue weighted by Gasteiger charge is -2.23. The summed E-state index contributed by atoms with van der Waals surface area (Å²) in [6.45, 7) is 6.73. The molecule has 5 nitrogen and oxygen atoms in total. The third-order valence-electron chi connectivity index (χ3n) is 2.77. The fraction of sp³-hybridized carbons (Fsp3) is 0.571. The molecule has 1 aromatic rings. The van der Waals surface area contributed by atoms with Gasteiger partial charge in [-0.3, -0.25) is 9.59 Å². The molecule has 1 atom stereocenters. The molecule has 19 heavy (non-hydrogen) atoms. The fourth-order valence-corrected chi connectivity index (χ4v) is 1.87. The standard InChI is InChI=1S/C14H23N3O2/c1-14(2,3)8-11(15)9-16-13(19)10-5-6-17(4)12(18)7-10/h5-7,11H,8-9,15H2,1-4H3,(H,16,19). The third kappa shape index (κ3) is 5.26. The van der Waals surface area contributed by atoms with Crippen LogP contribution in [0.2, 0.25) is 0 Å². The Balaban J connectivity index is 2.56. The molecule has 3 N–H and O–H groups in total. The van der Waals surface area contributed by atoms with Crippen molar-refractivity contribution in [3.05, 3.63) is 34.2 Å². The van der Waals surface area contributed by atoms with Crippen molar-refractivity contribution in [3.63, 3.8) is 0 Å². The molecule has 1 unspecified atom stereocenters. The number of pyridine rings is 1. The van der Waals surface area contributed by atoms with E-state index in [2.05, 4.69) is 26.1 Å². The molecule has 0 aromatic carbocycles. The van der Waals surface area contributed by atoms with Crippen LogP contribution in [-0.2, 0) is 7.05 Å². The quantitative estimate of drug-likeness (QED) is 0.848. The van der Waals surface area contributed by atoms with Gasteiger partial charge in [0.15, 0.2) is 0 Å². The van der Waals surface area contributed by atoms with Crippen LogP contribution in [0, 0.1) is 5.41 Å². The SMILES string of the molecule is Cn1ccc(C(=O)NCC(N)CC(C)(C)C)cc1=O. The van der Waals surface area contributed by atoms with Crippen molar-refractivity contribution >= 4 is 5.91 Å². The molecule has 0 aliphatic rings. The molecule has 1 heterocycles. The Morgan fingerprint density at radius 1 is 1.47 bits per heavy atom. The highest BCUT2D eigenvalue weighted by molar-refractivity contribution is 5.93. The molecule has 106 valence electrons. The number of nitrogens with one attached hydrogen (secondary N) is 1. The lowest BCUT2D eigenvalue weighted by atomic mass is 9.88. The van der Waals surface area contributed by atoms with Crippen molar-refractivity contribution in [3.8, 4) is 0 Å². The average Bonchev–Trinajstić information content (AvgIpc) is 2.27. The Morgan fingerprint density at radius 2 is 2.11 bits per heavy atom. The highest BCUT2D eigenvalue weighted by Gasteiger charge is 2.16. The number of amides is 1. The smallest absolute Gasteiger partial charge is 0.251 e. The molecule has 1 amide bonds. The van der Waals surface area contributed by atoms with Crippen molar-refractivity contribution < 1.29 is 4.79 Å². The fourth-order valence-electron chi connectivity index (χ4n) is 1.87. The summed E-state index contributed by atoms with van der Waals surface area (Å²) in [4.78, 5) is 23.3. The van der Waals surface area contributed by atoms with Crippen molar-refractivity contribution in [2.24, 2.45) is 18.2 Å². The average molecular weight is 265 g/mol. The van der Waals surface area contributed by atoms with Gasteiger partial charge in [0.05, 0.1) is 0 Å². The zero-order chi connectivity index (χ0) is 14.6. The van der Waals surface area contributed by atoms with Crippen LogP contribution in [0.5, 0.6) is 0 Å². The lowest BCUT2D eigenvalue weighted by Crippen LogP contribution is -2.39. The predicted molar refractivity (Wildman–Crippen MR) is 76.1 cm³/mol. The molecule has 0 radical (unpaired) electrons. The molecule has 0 aliphatic heterocycles. The Morgan fingerprint density at radius 3 is 2.63 bits per heavy atom. The normalized spacial score (nSPS) is 13.1. The minimum absolute atomic E-state index is 0.0875. The van der Waals surface area contributed by atoms with Gasteiger partial charge in [-0.1, -0.05) is 20.8 Å². The molecule has 0 spiro atoms.